The summed E-state index contributed by atoms with van der Waals surface area (Å²) in [7, 11) is 0. The third-order valence-electron chi connectivity index (χ3n) is 2.25. The second-order valence-electron chi connectivity index (χ2n) is 3.61. The van der Waals surface area contributed by atoms with Crippen LogP contribution in [-0.2, 0) is 4.74 Å². The molecule has 94 valence electrons. The summed E-state index contributed by atoms with van der Waals surface area (Å²) < 4.78 is 10.7. The van der Waals surface area contributed by atoms with Gasteiger partial charge in [0.05, 0.1) is 6.61 Å². The van der Waals surface area contributed by atoms with Crippen LogP contribution in [0.2, 0.25) is 0 Å². The standard InChI is InChI=1S/C13H17ClO3/c14-8-2-1-3-9-16-11-17-13-6-4-12(10-15)5-7-13/h4-7,10H,1-3,8-9,11H2. The van der Waals surface area contributed by atoms with E-state index in [4.69, 9.17) is 21.1 Å². The van der Waals surface area contributed by atoms with Gasteiger partial charge < -0.3 is 9.47 Å². The van der Waals surface area contributed by atoms with E-state index in [1.807, 2.05) is 0 Å². The Morgan fingerprint density at radius 3 is 2.53 bits per heavy atom. The first-order valence-electron chi connectivity index (χ1n) is 5.68. The third kappa shape index (κ3) is 6.29. The van der Waals surface area contributed by atoms with E-state index in [0.29, 0.717) is 23.8 Å². The van der Waals surface area contributed by atoms with E-state index in [1.165, 1.54) is 0 Å². The molecule has 0 saturated carbocycles. The van der Waals surface area contributed by atoms with Crippen molar-refractivity contribution in [3.05, 3.63) is 29.8 Å². The van der Waals surface area contributed by atoms with Gasteiger partial charge in [-0.3, -0.25) is 4.79 Å². The molecule has 0 unspecified atom stereocenters. The first-order chi connectivity index (χ1) is 8.36. The van der Waals surface area contributed by atoms with Gasteiger partial charge in [0.25, 0.3) is 0 Å². The SMILES string of the molecule is O=Cc1ccc(OCOCCCCCCl)cc1. The van der Waals surface area contributed by atoms with Gasteiger partial charge in [-0.15, -0.1) is 11.6 Å². The molecule has 0 aromatic heterocycles. The van der Waals surface area contributed by atoms with Crippen molar-refractivity contribution in [3.8, 4) is 5.75 Å². The van der Waals surface area contributed by atoms with E-state index in [2.05, 4.69) is 0 Å². The molecule has 17 heavy (non-hydrogen) atoms. The molecule has 0 amide bonds. The molecule has 3 nitrogen and oxygen atoms in total. The number of aldehydes is 1. The van der Waals surface area contributed by atoms with E-state index in [-0.39, 0.29) is 6.79 Å². The maximum Gasteiger partial charge on any atom is 0.189 e. The second kappa shape index (κ2) is 9.02. The molecule has 0 atom stereocenters. The fourth-order valence-electron chi connectivity index (χ4n) is 1.29. The average molecular weight is 257 g/mol. The number of hydrogen-bond donors (Lipinski definition) is 0. The quantitative estimate of drug-likeness (QED) is 0.294. The third-order valence-corrected chi connectivity index (χ3v) is 2.51. The minimum atomic E-state index is 0.237. The smallest absolute Gasteiger partial charge is 0.189 e. The Hall–Kier alpha value is -1.06. The predicted molar refractivity (Wildman–Crippen MR) is 67.8 cm³/mol. The lowest BCUT2D eigenvalue weighted by atomic mass is 10.2. The van der Waals surface area contributed by atoms with Crippen LogP contribution in [0.4, 0.5) is 0 Å². The highest BCUT2D eigenvalue weighted by atomic mass is 35.5. The summed E-state index contributed by atoms with van der Waals surface area (Å²) in [4.78, 5) is 10.4. The van der Waals surface area contributed by atoms with E-state index in [1.54, 1.807) is 24.3 Å². The highest BCUT2D eigenvalue weighted by Gasteiger charge is 1.94. The Bertz CT molecular complexity index is 311. The molecule has 1 aromatic rings. The fraction of sp³-hybridized carbons (Fsp3) is 0.462. The molecule has 0 saturated heterocycles. The lowest BCUT2D eigenvalue weighted by molar-refractivity contribution is 0.0136. The van der Waals surface area contributed by atoms with Crippen LogP contribution in [0.3, 0.4) is 0 Å². The number of ether oxygens (including phenoxy) is 2. The van der Waals surface area contributed by atoms with Crippen molar-refractivity contribution in [2.24, 2.45) is 0 Å². The van der Waals surface area contributed by atoms with Gasteiger partial charge in [-0.1, -0.05) is 0 Å². The lowest BCUT2D eigenvalue weighted by Crippen LogP contribution is -2.04. The number of rotatable bonds is 9. The van der Waals surface area contributed by atoms with Gasteiger partial charge >= 0.3 is 0 Å². The largest absolute Gasteiger partial charge is 0.468 e. The van der Waals surface area contributed by atoms with Crippen molar-refractivity contribution in [1.29, 1.82) is 0 Å². The number of alkyl halides is 1. The Morgan fingerprint density at radius 2 is 1.88 bits per heavy atom. The first kappa shape index (κ1) is 14.0. The second-order valence-corrected chi connectivity index (χ2v) is 3.98. The molecular formula is C13H17ClO3. The van der Waals surface area contributed by atoms with Crippen LogP contribution < -0.4 is 4.74 Å². The maximum absolute atomic E-state index is 10.4. The normalized spacial score (nSPS) is 10.2. The van der Waals surface area contributed by atoms with E-state index in [0.717, 1.165) is 25.5 Å². The number of halogens is 1. The lowest BCUT2D eigenvalue weighted by Gasteiger charge is -2.06. The number of carbonyl (C=O) groups excluding carboxylic acids is 1. The van der Waals surface area contributed by atoms with E-state index in [9.17, 15) is 4.79 Å². The molecule has 1 aromatic carbocycles. The van der Waals surface area contributed by atoms with Crippen LogP contribution >= 0.6 is 11.6 Å². The molecular weight excluding hydrogens is 240 g/mol. The van der Waals surface area contributed by atoms with Crippen molar-refractivity contribution >= 4 is 17.9 Å². The average Bonchev–Trinajstić information content (AvgIpc) is 2.38. The molecule has 0 N–H and O–H groups in total. The van der Waals surface area contributed by atoms with Crippen LogP contribution in [0.5, 0.6) is 5.75 Å². The zero-order valence-electron chi connectivity index (χ0n) is 9.73. The summed E-state index contributed by atoms with van der Waals surface area (Å²) >= 11 is 5.56. The van der Waals surface area contributed by atoms with E-state index >= 15 is 0 Å². The first-order valence-corrected chi connectivity index (χ1v) is 6.22. The molecule has 0 radical (unpaired) electrons. The summed E-state index contributed by atoms with van der Waals surface area (Å²) in [6, 6.07) is 6.92. The zero-order valence-corrected chi connectivity index (χ0v) is 10.5. The molecule has 4 heteroatoms. The summed E-state index contributed by atoms with van der Waals surface area (Å²) in [5.41, 5.74) is 0.638. The van der Waals surface area contributed by atoms with Gasteiger partial charge in [-0.25, -0.2) is 0 Å². The van der Waals surface area contributed by atoms with Crippen molar-refractivity contribution in [1.82, 2.24) is 0 Å². The van der Waals surface area contributed by atoms with Crippen LogP contribution in [0.1, 0.15) is 29.6 Å². The molecule has 0 spiro atoms. The molecule has 0 aliphatic heterocycles. The molecule has 0 bridgehead atoms. The summed E-state index contributed by atoms with van der Waals surface area (Å²) in [6.07, 6.45) is 3.91. The van der Waals surface area contributed by atoms with Crippen molar-refractivity contribution in [2.75, 3.05) is 19.3 Å². The van der Waals surface area contributed by atoms with Gasteiger partial charge in [0.15, 0.2) is 6.79 Å². The highest BCUT2D eigenvalue weighted by Crippen LogP contribution is 2.10. The van der Waals surface area contributed by atoms with Gasteiger partial charge in [-0.2, -0.15) is 0 Å². The van der Waals surface area contributed by atoms with Gasteiger partial charge in [0.1, 0.15) is 12.0 Å². The zero-order chi connectivity index (χ0) is 12.3. The van der Waals surface area contributed by atoms with E-state index < -0.39 is 0 Å². The molecule has 0 aliphatic rings. The number of carbonyl (C=O) groups is 1. The van der Waals surface area contributed by atoms with Crippen LogP contribution in [0.15, 0.2) is 24.3 Å². The molecule has 0 fully saturated rings. The highest BCUT2D eigenvalue weighted by molar-refractivity contribution is 6.17. The van der Waals surface area contributed by atoms with Crippen molar-refractivity contribution < 1.29 is 14.3 Å². The fourth-order valence-corrected chi connectivity index (χ4v) is 1.48. The number of unbranched alkanes of at least 4 members (excludes halogenated alkanes) is 2. The Labute approximate surface area is 107 Å². The number of hydrogen-bond acceptors (Lipinski definition) is 3. The van der Waals surface area contributed by atoms with Crippen LogP contribution in [0.25, 0.3) is 0 Å². The van der Waals surface area contributed by atoms with Gasteiger partial charge in [0, 0.05) is 11.4 Å². The summed E-state index contributed by atoms with van der Waals surface area (Å²) in [5.74, 6) is 1.41. The van der Waals surface area contributed by atoms with Gasteiger partial charge in [0.2, 0.25) is 0 Å². The predicted octanol–water partition coefficient (Wildman–Crippen LogP) is 3.26. The summed E-state index contributed by atoms with van der Waals surface area (Å²) in [6.45, 7) is 0.921. The monoisotopic (exact) mass is 256 g/mol. The van der Waals surface area contributed by atoms with Crippen LogP contribution in [-0.4, -0.2) is 25.6 Å². The topological polar surface area (TPSA) is 35.5 Å². The molecule has 0 aliphatic carbocycles. The molecule has 0 heterocycles. The van der Waals surface area contributed by atoms with Crippen molar-refractivity contribution in [3.63, 3.8) is 0 Å². The maximum atomic E-state index is 10.4. The Morgan fingerprint density at radius 1 is 1.12 bits per heavy atom. The number of benzene rings is 1. The van der Waals surface area contributed by atoms with Crippen molar-refractivity contribution in [2.45, 2.75) is 19.3 Å². The molecule has 1 rings (SSSR count). The minimum absolute atomic E-state index is 0.237. The van der Waals surface area contributed by atoms with Crippen LogP contribution in [0, 0.1) is 0 Å². The Kier molecular flexibility index (Phi) is 7.43. The van der Waals surface area contributed by atoms with Gasteiger partial charge in [-0.05, 0) is 43.5 Å². The summed E-state index contributed by atoms with van der Waals surface area (Å²) in [5, 5.41) is 0. The Balaban J connectivity index is 2.07. The minimum Gasteiger partial charge on any atom is -0.468 e.